The van der Waals surface area contributed by atoms with Gasteiger partial charge >= 0.3 is 17.1 Å². The molecule has 12 heteroatoms. The summed E-state index contributed by atoms with van der Waals surface area (Å²) in [5.41, 5.74) is 9.65. The number of carboxylic acid groups (broad SMARTS) is 2. The van der Waals surface area contributed by atoms with Gasteiger partial charge in [0.15, 0.2) is 0 Å². The van der Waals surface area contributed by atoms with Crippen LogP contribution in [0.25, 0.3) is 0 Å². The van der Waals surface area contributed by atoms with Crippen LogP contribution in [0.4, 0.5) is 0 Å². The normalized spacial score (nSPS) is 8.67. The Hall–Kier alpha value is -1.72. The molecule has 0 aromatic heterocycles. The first-order chi connectivity index (χ1) is 10.3. The summed E-state index contributed by atoms with van der Waals surface area (Å²) in [6.45, 7) is 1.47. The van der Waals surface area contributed by atoms with Crippen molar-refractivity contribution >= 4 is 23.8 Å². The molecule has 24 heavy (non-hydrogen) atoms. The van der Waals surface area contributed by atoms with Crippen molar-refractivity contribution in [2.75, 3.05) is 26.2 Å². The van der Waals surface area contributed by atoms with Gasteiger partial charge in [-0.05, 0) is 12.8 Å². The van der Waals surface area contributed by atoms with Gasteiger partial charge in [0.2, 0.25) is 11.8 Å². The third-order valence-electron chi connectivity index (χ3n) is 2.11. The number of carboxylic acids is 2. The fourth-order valence-corrected chi connectivity index (χ4v) is 1.05. The van der Waals surface area contributed by atoms with Crippen molar-refractivity contribution in [3.8, 4) is 0 Å². The van der Waals surface area contributed by atoms with Gasteiger partial charge in [-0.3, -0.25) is 9.59 Å². The third-order valence-corrected chi connectivity index (χ3v) is 2.11. The number of amides is 2. The molecule has 0 fully saturated rings. The van der Waals surface area contributed by atoms with Crippen LogP contribution in [0.1, 0.15) is 25.7 Å². The summed E-state index contributed by atoms with van der Waals surface area (Å²) < 4.78 is 0. The minimum Gasteiger partial charge on any atom is -0.550 e. The van der Waals surface area contributed by atoms with Crippen molar-refractivity contribution in [3.63, 3.8) is 0 Å². The van der Waals surface area contributed by atoms with Gasteiger partial charge in [-0.2, -0.15) is 0 Å². The maximum atomic E-state index is 10.1. The van der Waals surface area contributed by atoms with Crippen LogP contribution in [0.2, 0.25) is 0 Å². The number of nitrogens with two attached hydrogens (primary N) is 2. The Bertz CT molecular complexity index is 303. The molecule has 0 atom stereocenters. The summed E-state index contributed by atoms with van der Waals surface area (Å²) in [5, 5.41) is 25.2. The molecule has 0 aromatic carbocycles. The smallest absolute Gasteiger partial charge is 0.550 e. The molecule has 0 aromatic rings. The van der Waals surface area contributed by atoms with Crippen molar-refractivity contribution in [3.05, 3.63) is 0 Å². The van der Waals surface area contributed by atoms with Gasteiger partial charge in [-0.15, -0.1) is 0 Å². The van der Waals surface area contributed by atoms with Gasteiger partial charge in [-0.25, -0.2) is 0 Å². The quantitative estimate of drug-likeness (QED) is 0.182. The molecule has 0 aliphatic heterocycles. The monoisotopic (exact) mass is 399 g/mol. The molecule has 0 bridgehead atoms. The Balaban J connectivity index is -0.000000154. The fourth-order valence-electron chi connectivity index (χ4n) is 1.05. The van der Waals surface area contributed by atoms with E-state index in [1.807, 2.05) is 0 Å². The fraction of sp³-hybridized carbons (Fsp3) is 0.667. The van der Waals surface area contributed by atoms with Crippen LogP contribution in [-0.2, 0) is 36.2 Å². The molecule has 2 amide bonds. The van der Waals surface area contributed by atoms with Crippen LogP contribution < -0.4 is 32.3 Å². The predicted molar refractivity (Wildman–Crippen MR) is 76.2 cm³/mol. The van der Waals surface area contributed by atoms with E-state index in [-0.39, 0.29) is 48.2 Å². The number of nitrogens with one attached hydrogen (secondary N) is 2. The van der Waals surface area contributed by atoms with Crippen LogP contribution in [0.5, 0.6) is 0 Å². The number of aliphatic carboxylic acids is 2. The first-order valence-electron chi connectivity index (χ1n) is 6.63. The van der Waals surface area contributed by atoms with Crippen molar-refractivity contribution in [1.82, 2.24) is 10.6 Å². The van der Waals surface area contributed by atoms with Crippen LogP contribution in [-0.4, -0.2) is 55.4 Å². The zero-order valence-electron chi connectivity index (χ0n) is 13.1. The molecule has 0 saturated carbocycles. The molecule has 0 heterocycles. The van der Waals surface area contributed by atoms with E-state index < -0.39 is 23.8 Å². The second-order valence-electron chi connectivity index (χ2n) is 4.18. The maximum Gasteiger partial charge on any atom is 2.00 e. The molecule has 0 aliphatic carbocycles. The van der Waals surface area contributed by atoms with Gasteiger partial charge < -0.3 is 47.4 Å². The summed E-state index contributed by atoms with van der Waals surface area (Å²) in [6.07, 6.45) is 0.373. The van der Waals surface area contributed by atoms with E-state index in [1.165, 1.54) is 0 Å². The number of hydrogen-bond acceptors (Lipinski definition) is 8. The van der Waals surface area contributed by atoms with E-state index in [0.717, 1.165) is 0 Å². The molecule has 8 N–H and O–H groups in total. The molecular formula is C12H24CuN4O7. The topological polar surface area (TPSA) is 222 Å². The Morgan fingerprint density at radius 1 is 0.667 bits per heavy atom. The molecule has 0 spiro atoms. The number of hydrogen-bond donors (Lipinski definition) is 4. The predicted octanol–water partition coefficient (Wildman–Crippen LogP) is -5.64. The Morgan fingerprint density at radius 3 is 1.12 bits per heavy atom. The molecule has 1 radical (unpaired) electrons. The average Bonchev–Trinajstić information content (AvgIpc) is 2.37. The molecular weight excluding hydrogens is 376 g/mol. The molecule has 0 saturated heterocycles. The third kappa shape index (κ3) is 37.0. The summed E-state index contributed by atoms with van der Waals surface area (Å²) >= 11 is 0. The van der Waals surface area contributed by atoms with E-state index in [2.05, 4.69) is 10.6 Å². The van der Waals surface area contributed by atoms with Crippen LogP contribution in [0, 0.1) is 0 Å². The minimum atomic E-state index is -1.10. The summed E-state index contributed by atoms with van der Waals surface area (Å²) in [4.78, 5) is 40.0. The Labute approximate surface area is 150 Å². The van der Waals surface area contributed by atoms with Crippen molar-refractivity contribution < 1.29 is 51.9 Å². The van der Waals surface area contributed by atoms with Gasteiger partial charge in [0.1, 0.15) is 0 Å². The molecule has 0 unspecified atom stereocenters. The second-order valence-corrected chi connectivity index (χ2v) is 4.18. The van der Waals surface area contributed by atoms with Crippen molar-refractivity contribution in [2.24, 2.45) is 11.5 Å². The van der Waals surface area contributed by atoms with E-state index in [0.29, 0.717) is 26.2 Å². The Kier molecular flexibility index (Phi) is 26.8. The van der Waals surface area contributed by atoms with Crippen LogP contribution in [0.15, 0.2) is 0 Å². The summed E-state index contributed by atoms with van der Waals surface area (Å²) in [7, 11) is 0. The standard InChI is InChI=1S/2C6H12N2O3.Cu.H2O/c2*7-5(9)1-3-8-4-2-6(10)11;;/h2*8H,1-4H2,(H2,7,9)(H,10,11);;1H2/q;;+2;/p-2. The zero-order chi connectivity index (χ0) is 17.4. The largest absolute Gasteiger partial charge is 2.00 e. The van der Waals surface area contributed by atoms with Gasteiger partial charge in [-0.1, -0.05) is 0 Å². The average molecular weight is 400 g/mol. The molecule has 0 rings (SSSR count). The van der Waals surface area contributed by atoms with Crippen molar-refractivity contribution in [2.45, 2.75) is 25.7 Å². The van der Waals surface area contributed by atoms with Gasteiger partial charge in [0.25, 0.3) is 0 Å². The first-order valence-corrected chi connectivity index (χ1v) is 6.63. The van der Waals surface area contributed by atoms with Gasteiger partial charge in [0, 0.05) is 51.0 Å². The van der Waals surface area contributed by atoms with Crippen molar-refractivity contribution in [1.29, 1.82) is 0 Å². The van der Waals surface area contributed by atoms with E-state index in [1.54, 1.807) is 0 Å². The molecule has 145 valence electrons. The number of primary amides is 2. The van der Waals surface area contributed by atoms with E-state index in [4.69, 9.17) is 11.5 Å². The van der Waals surface area contributed by atoms with E-state index in [9.17, 15) is 29.4 Å². The number of rotatable bonds is 12. The number of carbonyl (C=O) groups is 4. The molecule has 0 aliphatic rings. The second kappa shape index (κ2) is 21.3. The number of carbonyl (C=O) groups excluding carboxylic acids is 4. The van der Waals surface area contributed by atoms with E-state index >= 15 is 0 Å². The SMILES string of the molecule is NC(=O)CCNCCC(=O)[O-].NC(=O)CCNCCC(=O)[O-].O.[Cu+2]. The Morgan fingerprint density at radius 2 is 0.917 bits per heavy atom. The van der Waals surface area contributed by atoms with Crippen LogP contribution >= 0.6 is 0 Å². The molecule has 11 nitrogen and oxygen atoms in total. The maximum absolute atomic E-state index is 10.1. The zero-order valence-corrected chi connectivity index (χ0v) is 14.0. The first kappa shape index (κ1) is 30.2. The summed E-state index contributed by atoms with van der Waals surface area (Å²) in [5.74, 6) is -3.00. The van der Waals surface area contributed by atoms with Crippen LogP contribution in [0.3, 0.4) is 0 Å². The van der Waals surface area contributed by atoms with Gasteiger partial charge in [0.05, 0.1) is 0 Å². The summed E-state index contributed by atoms with van der Waals surface area (Å²) in [6, 6.07) is 0. The minimum absolute atomic E-state index is 0.